The largest absolute Gasteiger partial charge is 0.478 e. The number of benzene rings is 2. The van der Waals surface area contributed by atoms with Crippen LogP contribution in [0.2, 0.25) is 5.02 Å². The molecule has 3 aromatic rings. The van der Waals surface area contributed by atoms with E-state index in [-0.39, 0.29) is 16.2 Å². The maximum absolute atomic E-state index is 12.3. The van der Waals surface area contributed by atoms with Crippen molar-refractivity contribution in [1.29, 1.82) is 5.26 Å². The Morgan fingerprint density at radius 2 is 1.90 bits per heavy atom. The van der Waals surface area contributed by atoms with Crippen molar-refractivity contribution in [2.24, 2.45) is 0 Å². The lowest BCUT2D eigenvalue weighted by atomic mass is 10.1. The van der Waals surface area contributed by atoms with Crippen LogP contribution in [0.1, 0.15) is 21.7 Å². The van der Waals surface area contributed by atoms with Crippen LogP contribution in [0.25, 0.3) is 17.4 Å². The van der Waals surface area contributed by atoms with Crippen LogP contribution in [-0.2, 0) is 11.2 Å². The summed E-state index contributed by atoms with van der Waals surface area (Å²) in [5.74, 6) is -0.855. The summed E-state index contributed by atoms with van der Waals surface area (Å²) in [6.45, 7) is 0.402. The number of carbonyl (C=O) groups excluding carboxylic acids is 1. The molecule has 150 valence electrons. The molecule has 0 aliphatic rings. The number of carbonyl (C=O) groups is 2. The van der Waals surface area contributed by atoms with E-state index in [1.807, 2.05) is 36.4 Å². The van der Waals surface area contributed by atoms with Gasteiger partial charge in [-0.15, -0.1) is 0 Å². The van der Waals surface area contributed by atoms with Crippen molar-refractivity contribution in [3.63, 3.8) is 0 Å². The van der Waals surface area contributed by atoms with Crippen LogP contribution in [0.4, 0.5) is 0 Å². The number of hydrogen-bond acceptors (Lipinski definition) is 4. The molecule has 30 heavy (non-hydrogen) atoms. The van der Waals surface area contributed by atoms with Gasteiger partial charge in [-0.05, 0) is 36.2 Å². The van der Waals surface area contributed by atoms with E-state index in [0.29, 0.717) is 30.0 Å². The topological polar surface area (TPSA) is 103 Å². The molecule has 0 spiro atoms. The number of nitrogens with zero attached hydrogens (tertiary/aromatic N) is 1. The molecule has 0 aliphatic carbocycles. The molecule has 6 nitrogen and oxygen atoms in total. The zero-order chi connectivity index (χ0) is 21.5. The second-order valence-electron chi connectivity index (χ2n) is 6.36. The zero-order valence-corrected chi connectivity index (χ0v) is 16.5. The summed E-state index contributed by atoms with van der Waals surface area (Å²) in [4.78, 5) is 23.3. The average molecular weight is 421 g/mol. The molecule has 0 unspecified atom stereocenters. The van der Waals surface area contributed by atoms with E-state index in [1.54, 1.807) is 18.2 Å². The highest BCUT2D eigenvalue weighted by atomic mass is 35.5. The summed E-state index contributed by atoms with van der Waals surface area (Å²) >= 11 is 5.99. The van der Waals surface area contributed by atoms with Gasteiger partial charge in [-0.3, -0.25) is 4.79 Å². The first kappa shape index (κ1) is 20.9. The van der Waals surface area contributed by atoms with E-state index in [4.69, 9.17) is 21.1 Å². The molecule has 3 rings (SSSR count). The molecule has 2 aromatic carbocycles. The van der Waals surface area contributed by atoms with Gasteiger partial charge in [0.2, 0.25) is 0 Å². The van der Waals surface area contributed by atoms with Gasteiger partial charge < -0.3 is 14.8 Å². The van der Waals surface area contributed by atoms with Gasteiger partial charge in [-0.25, -0.2) is 4.79 Å². The number of halogens is 1. The number of amides is 1. The molecule has 1 heterocycles. The fraction of sp³-hybridized carbons (Fsp3) is 0.0870. The molecule has 1 aromatic heterocycles. The van der Waals surface area contributed by atoms with Crippen LogP contribution in [0.15, 0.2) is 70.7 Å². The van der Waals surface area contributed by atoms with Crippen LogP contribution >= 0.6 is 11.6 Å². The summed E-state index contributed by atoms with van der Waals surface area (Å²) in [7, 11) is 0. The van der Waals surface area contributed by atoms with Gasteiger partial charge >= 0.3 is 5.97 Å². The number of hydrogen-bond donors (Lipinski definition) is 2. The normalized spacial score (nSPS) is 11.0. The third kappa shape index (κ3) is 5.16. The Labute approximate surface area is 178 Å². The van der Waals surface area contributed by atoms with Crippen LogP contribution in [0.3, 0.4) is 0 Å². The van der Waals surface area contributed by atoms with Crippen molar-refractivity contribution < 1.29 is 19.1 Å². The fourth-order valence-corrected chi connectivity index (χ4v) is 3.04. The van der Waals surface area contributed by atoms with E-state index in [1.165, 1.54) is 18.2 Å². The number of nitrogens with one attached hydrogen (secondary N) is 1. The van der Waals surface area contributed by atoms with Crippen LogP contribution in [0, 0.1) is 11.3 Å². The van der Waals surface area contributed by atoms with Gasteiger partial charge in [0, 0.05) is 18.2 Å². The lowest BCUT2D eigenvalue weighted by molar-refractivity contribution is -0.117. The second kappa shape index (κ2) is 9.59. The standard InChI is InChI=1S/C23H17ClN2O4/c24-20-13-16(6-8-19(20)23(28)29)21-9-7-18(30-21)12-17(14-25)22(27)26-11-10-15-4-2-1-3-5-15/h1-9,12-13H,10-11H2,(H,26,27)(H,28,29). The highest BCUT2D eigenvalue weighted by molar-refractivity contribution is 6.33. The summed E-state index contributed by atoms with van der Waals surface area (Å²) in [6, 6.07) is 19.3. The molecular formula is C23H17ClN2O4. The Morgan fingerprint density at radius 1 is 1.13 bits per heavy atom. The molecular weight excluding hydrogens is 404 g/mol. The predicted octanol–water partition coefficient (Wildman–Crippen LogP) is 4.56. The quantitative estimate of drug-likeness (QED) is 0.430. The maximum Gasteiger partial charge on any atom is 0.337 e. The van der Waals surface area contributed by atoms with Gasteiger partial charge in [0.1, 0.15) is 23.2 Å². The summed E-state index contributed by atoms with van der Waals surface area (Å²) in [5, 5.41) is 21.2. The minimum absolute atomic E-state index is 0.00830. The molecule has 2 N–H and O–H groups in total. The Bertz CT molecular complexity index is 1140. The van der Waals surface area contributed by atoms with Crippen molar-refractivity contribution in [2.75, 3.05) is 6.54 Å². The van der Waals surface area contributed by atoms with Gasteiger partial charge in [-0.2, -0.15) is 5.26 Å². The SMILES string of the molecule is N#CC(=Cc1ccc(-c2ccc(C(=O)O)c(Cl)c2)o1)C(=O)NCCc1ccccc1. The first-order valence-corrected chi connectivity index (χ1v) is 9.42. The van der Waals surface area contributed by atoms with Crippen molar-refractivity contribution in [3.05, 3.63) is 88.1 Å². The molecule has 0 saturated carbocycles. The van der Waals surface area contributed by atoms with E-state index in [0.717, 1.165) is 5.56 Å². The van der Waals surface area contributed by atoms with E-state index >= 15 is 0 Å². The molecule has 0 radical (unpaired) electrons. The Balaban J connectivity index is 1.69. The lowest BCUT2D eigenvalue weighted by Crippen LogP contribution is -2.26. The molecule has 0 atom stereocenters. The molecule has 0 saturated heterocycles. The minimum Gasteiger partial charge on any atom is -0.478 e. The van der Waals surface area contributed by atoms with E-state index in [9.17, 15) is 14.9 Å². The Hall–Kier alpha value is -3.82. The molecule has 0 bridgehead atoms. The first-order chi connectivity index (χ1) is 14.5. The summed E-state index contributed by atoms with van der Waals surface area (Å²) < 4.78 is 5.67. The van der Waals surface area contributed by atoms with Gasteiger partial charge in [0.15, 0.2) is 0 Å². The highest BCUT2D eigenvalue weighted by Crippen LogP contribution is 2.28. The maximum atomic E-state index is 12.3. The number of rotatable bonds is 7. The average Bonchev–Trinajstić information content (AvgIpc) is 3.21. The number of nitriles is 1. The highest BCUT2D eigenvalue weighted by Gasteiger charge is 2.13. The molecule has 0 aliphatic heterocycles. The lowest BCUT2D eigenvalue weighted by Gasteiger charge is -2.04. The van der Waals surface area contributed by atoms with Gasteiger partial charge in [0.05, 0.1) is 10.6 Å². The van der Waals surface area contributed by atoms with Crippen molar-refractivity contribution in [3.8, 4) is 17.4 Å². The van der Waals surface area contributed by atoms with E-state index < -0.39 is 11.9 Å². The van der Waals surface area contributed by atoms with Crippen LogP contribution < -0.4 is 5.32 Å². The summed E-state index contributed by atoms with van der Waals surface area (Å²) in [5.41, 5.74) is 1.58. The summed E-state index contributed by atoms with van der Waals surface area (Å²) in [6.07, 6.45) is 2.01. The van der Waals surface area contributed by atoms with Crippen molar-refractivity contribution in [2.45, 2.75) is 6.42 Å². The van der Waals surface area contributed by atoms with Gasteiger partial charge in [-0.1, -0.05) is 48.0 Å². The number of carboxylic acid groups (broad SMARTS) is 1. The van der Waals surface area contributed by atoms with Gasteiger partial charge in [0.25, 0.3) is 5.91 Å². The third-order valence-electron chi connectivity index (χ3n) is 4.30. The number of furan rings is 1. The predicted molar refractivity (Wildman–Crippen MR) is 113 cm³/mol. The van der Waals surface area contributed by atoms with Crippen LogP contribution in [0.5, 0.6) is 0 Å². The Kier molecular flexibility index (Phi) is 6.68. The first-order valence-electron chi connectivity index (χ1n) is 9.05. The second-order valence-corrected chi connectivity index (χ2v) is 6.77. The Morgan fingerprint density at radius 3 is 2.57 bits per heavy atom. The van der Waals surface area contributed by atoms with Crippen LogP contribution in [-0.4, -0.2) is 23.5 Å². The third-order valence-corrected chi connectivity index (χ3v) is 4.62. The molecule has 7 heteroatoms. The number of aromatic carboxylic acids is 1. The van der Waals surface area contributed by atoms with E-state index in [2.05, 4.69) is 5.32 Å². The van der Waals surface area contributed by atoms with Crippen molar-refractivity contribution in [1.82, 2.24) is 5.32 Å². The van der Waals surface area contributed by atoms with Crippen molar-refractivity contribution >= 4 is 29.6 Å². The smallest absolute Gasteiger partial charge is 0.337 e. The molecule has 1 amide bonds. The fourth-order valence-electron chi connectivity index (χ4n) is 2.78. The minimum atomic E-state index is -1.12. The zero-order valence-electron chi connectivity index (χ0n) is 15.8. The number of carboxylic acids is 1. The monoisotopic (exact) mass is 420 g/mol. The molecule has 0 fully saturated rings.